The van der Waals surface area contributed by atoms with Gasteiger partial charge in [-0.25, -0.2) is 0 Å². The summed E-state index contributed by atoms with van der Waals surface area (Å²) in [5.41, 5.74) is 0.274. The van der Waals surface area contributed by atoms with Crippen LogP contribution in [0.25, 0.3) is 0 Å². The molecule has 1 N–H and O–H groups in total. The molecular formula is C26H20F9NO3. The number of fused-ring (bicyclic) bond motifs is 1. The molecule has 4 rings (SSSR count). The van der Waals surface area contributed by atoms with Crippen molar-refractivity contribution in [1.82, 2.24) is 0 Å². The lowest BCUT2D eigenvalue weighted by atomic mass is 9.72. The standard InChI is InChI=1S/C26H20F9NO3/c27-24(28,29)22(37)14-36-15-23(20-6-1-2-7-21(20)36,17-8-10-18(11-9-17)38-25(30,31)32)13-16-4-3-5-19(12-16)39-26(33,34)35/h1-12,22,37H,13-15H2. The van der Waals surface area contributed by atoms with Gasteiger partial charge in [0, 0.05) is 17.6 Å². The fourth-order valence-electron chi connectivity index (χ4n) is 4.80. The van der Waals surface area contributed by atoms with Crippen LogP contribution < -0.4 is 14.4 Å². The zero-order valence-corrected chi connectivity index (χ0v) is 19.7. The number of anilines is 1. The third-order valence-corrected chi connectivity index (χ3v) is 6.27. The number of aliphatic hydroxyl groups is 1. The van der Waals surface area contributed by atoms with E-state index in [4.69, 9.17) is 0 Å². The molecule has 4 nitrogen and oxygen atoms in total. The highest BCUT2D eigenvalue weighted by Gasteiger charge is 2.47. The molecule has 39 heavy (non-hydrogen) atoms. The zero-order chi connectivity index (χ0) is 28.6. The van der Waals surface area contributed by atoms with Gasteiger partial charge >= 0.3 is 18.9 Å². The summed E-state index contributed by atoms with van der Waals surface area (Å²) >= 11 is 0. The number of para-hydroxylation sites is 1. The van der Waals surface area contributed by atoms with Crippen molar-refractivity contribution in [2.24, 2.45) is 0 Å². The van der Waals surface area contributed by atoms with Crippen LogP contribution in [-0.2, 0) is 11.8 Å². The first-order valence-corrected chi connectivity index (χ1v) is 11.4. The minimum absolute atomic E-state index is 0.0584. The fraction of sp³-hybridized carbons (Fsp3) is 0.308. The van der Waals surface area contributed by atoms with Crippen molar-refractivity contribution in [2.75, 3.05) is 18.0 Å². The van der Waals surface area contributed by atoms with Crippen LogP contribution >= 0.6 is 0 Å². The lowest BCUT2D eigenvalue weighted by molar-refractivity contribution is -0.275. The Labute approximate surface area is 216 Å². The second kappa shape index (κ2) is 10.2. The maximum Gasteiger partial charge on any atom is 0.573 e. The molecule has 2 unspecified atom stereocenters. The van der Waals surface area contributed by atoms with E-state index in [0.717, 1.165) is 24.3 Å². The van der Waals surface area contributed by atoms with Crippen molar-refractivity contribution in [2.45, 2.75) is 36.8 Å². The summed E-state index contributed by atoms with van der Waals surface area (Å²) in [5, 5.41) is 9.78. The van der Waals surface area contributed by atoms with Crippen molar-refractivity contribution in [1.29, 1.82) is 0 Å². The summed E-state index contributed by atoms with van der Waals surface area (Å²) in [6, 6.07) is 16.1. The molecule has 0 spiro atoms. The average molecular weight is 565 g/mol. The summed E-state index contributed by atoms with van der Waals surface area (Å²) in [6.07, 6.45) is -17.6. The maximum absolute atomic E-state index is 13.2. The zero-order valence-electron chi connectivity index (χ0n) is 19.7. The van der Waals surface area contributed by atoms with Gasteiger partial charge in [-0.3, -0.25) is 0 Å². The molecule has 0 amide bonds. The highest BCUT2D eigenvalue weighted by molar-refractivity contribution is 5.67. The molecule has 0 saturated carbocycles. The van der Waals surface area contributed by atoms with E-state index in [0.29, 0.717) is 22.4 Å². The summed E-state index contributed by atoms with van der Waals surface area (Å²) < 4.78 is 124. The van der Waals surface area contributed by atoms with Gasteiger partial charge in [0.1, 0.15) is 11.5 Å². The van der Waals surface area contributed by atoms with E-state index < -0.39 is 48.5 Å². The van der Waals surface area contributed by atoms with Crippen LogP contribution in [0.5, 0.6) is 11.5 Å². The molecule has 1 aliphatic rings. The Morgan fingerprint density at radius 2 is 1.38 bits per heavy atom. The highest BCUT2D eigenvalue weighted by atomic mass is 19.4. The third-order valence-electron chi connectivity index (χ3n) is 6.27. The molecule has 3 aromatic rings. The van der Waals surface area contributed by atoms with Gasteiger partial charge in [0.25, 0.3) is 0 Å². The Morgan fingerprint density at radius 3 is 2.00 bits per heavy atom. The molecule has 3 aromatic carbocycles. The van der Waals surface area contributed by atoms with E-state index in [-0.39, 0.29) is 13.0 Å². The first-order valence-electron chi connectivity index (χ1n) is 11.4. The number of nitrogens with zero attached hydrogens (tertiary/aromatic N) is 1. The number of ether oxygens (including phenoxy) is 2. The molecule has 0 bridgehead atoms. The van der Waals surface area contributed by atoms with Gasteiger partial charge in [-0.1, -0.05) is 42.5 Å². The number of hydrogen-bond donors (Lipinski definition) is 1. The molecule has 0 saturated heterocycles. The van der Waals surface area contributed by atoms with Crippen LogP contribution in [-0.4, -0.2) is 43.2 Å². The molecule has 0 radical (unpaired) electrons. The maximum atomic E-state index is 13.2. The minimum atomic E-state index is -4.96. The van der Waals surface area contributed by atoms with E-state index in [1.165, 1.54) is 35.2 Å². The second-order valence-electron chi connectivity index (χ2n) is 8.98. The minimum Gasteiger partial charge on any atom is -0.406 e. The first-order chi connectivity index (χ1) is 18.1. The number of β-amino-alcohol motifs (C(OH)–C–C–N with tert-alkyl or cyclic N) is 1. The fourth-order valence-corrected chi connectivity index (χ4v) is 4.80. The van der Waals surface area contributed by atoms with Crippen LogP contribution in [0.1, 0.15) is 16.7 Å². The number of benzene rings is 3. The number of halogens is 9. The predicted octanol–water partition coefficient (Wildman–Crippen LogP) is 6.76. The highest BCUT2D eigenvalue weighted by Crippen LogP contribution is 2.48. The van der Waals surface area contributed by atoms with Gasteiger partial charge in [0.05, 0.1) is 6.54 Å². The Hall–Kier alpha value is -3.61. The van der Waals surface area contributed by atoms with Gasteiger partial charge < -0.3 is 19.5 Å². The molecule has 0 aliphatic carbocycles. The van der Waals surface area contributed by atoms with Gasteiger partial charge in [-0.15, -0.1) is 26.3 Å². The van der Waals surface area contributed by atoms with Gasteiger partial charge in [0.15, 0.2) is 6.10 Å². The van der Waals surface area contributed by atoms with Crippen molar-refractivity contribution < 1.29 is 54.1 Å². The van der Waals surface area contributed by atoms with Crippen molar-refractivity contribution in [3.8, 4) is 11.5 Å². The largest absolute Gasteiger partial charge is 0.573 e. The lowest BCUT2D eigenvalue weighted by Crippen LogP contribution is -2.43. The smallest absolute Gasteiger partial charge is 0.406 e. The molecule has 13 heteroatoms. The number of aliphatic hydroxyl groups excluding tert-OH is 1. The topological polar surface area (TPSA) is 41.9 Å². The van der Waals surface area contributed by atoms with E-state index in [2.05, 4.69) is 9.47 Å². The number of rotatable bonds is 7. The normalized spacial score (nSPS) is 18.6. The van der Waals surface area contributed by atoms with Crippen molar-refractivity contribution in [3.63, 3.8) is 0 Å². The Bertz CT molecular complexity index is 1290. The Kier molecular flexibility index (Phi) is 7.41. The predicted molar refractivity (Wildman–Crippen MR) is 121 cm³/mol. The molecule has 1 heterocycles. The quantitative estimate of drug-likeness (QED) is 0.322. The molecule has 0 fully saturated rings. The van der Waals surface area contributed by atoms with Crippen LogP contribution in [0, 0.1) is 0 Å². The summed E-state index contributed by atoms with van der Waals surface area (Å²) in [5.74, 6) is -1.04. The van der Waals surface area contributed by atoms with Crippen LogP contribution in [0.4, 0.5) is 45.2 Å². The van der Waals surface area contributed by atoms with Gasteiger partial charge in [0.2, 0.25) is 0 Å². The lowest BCUT2D eigenvalue weighted by Gasteiger charge is -2.33. The molecule has 210 valence electrons. The average Bonchev–Trinajstić information content (AvgIpc) is 3.11. The monoisotopic (exact) mass is 565 g/mol. The molecule has 2 atom stereocenters. The van der Waals surface area contributed by atoms with Crippen LogP contribution in [0.15, 0.2) is 72.8 Å². The first kappa shape index (κ1) is 28.4. The van der Waals surface area contributed by atoms with E-state index in [1.54, 1.807) is 18.2 Å². The second-order valence-corrected chi connectivity index (χ2v) is 8.98. The SMILES string of the molecule is OC(CN1CC(Cc2cccc(OC(F)(F)F)c2)(c2ccc(OC(F)(F)F)cc2)c2ccccc21)C(F)(F)F. The molecule has 1 aliphatic heterocycles. The third kappa shape index (κ3) is 6.70. The number of hydrogen-bond acceptors (Lipinski definition) is 4. The Morgan fingerprint density at radius 1 is 0.769 bits per heavy atom. The van der Waals surface area contributed by atoms with Crippen molar-refractivity contribution >= 4 is 5.69 Å². The Balaban J connectivity index is 1.80. The number of alkyl halides is 9. The van der Waals surface area contributed by atoms with Gasteiger partial charge in [-0.05, 0) is 53.4 Å². The van der Waals surface area contributed by atoms with E-state index in [1.807, 2.05) is 0 Å². The molecule has 0 aromatic heterocycles. The van der Waals surface area contributed by atoms with Crippen molar-refractivity contribution in [3.05, 3.63) is 89.5 Å². The van der Waals surface area contributed by atoms with Crippen LogP contribution in [0.3, 0.4) is 0 Å². The summed E-state index contributed by atoms with van der Waals surface area (Å²) in [6.45, 7) is -1.00. The van der Waals surface area contributed by atoms with E-state index in [9.17, 15) is 44.6 Å². The summed E-state index contributed by atoms with van der Waals surface area (Å²) in [7, 11) is 0. The van der Waals surface area contributed by atoms with Gasteiger partial charge in [-0.2, -0.15) is 13.2 Å². The van der Waals surface area contributed by atoms with Crippen LogP contribution in [0.2, 0.25) is 0 Å². The molecular weight excluding hydrogens is 545 g/mol. The van der Waals surface area contributed by atoms with E-state index >= 15 is 0 Å². The summed E-state index contributed by atoms with van der Waals surface area (Å²) in [4.78, 5) is 1.30.